The van der Waals surface area contributed by atoms with Crippen LogP contribution in [-0.4, -0.2) is 61.6 Å². The zero-order valence-electron chi connectivity index (χ0n) is 16.0. The smallest absolute Gasteiger partial charge is 0.331 e. The van der Waals surface area contributed by atoms with Crippen LogP contribution in [0.1, 0.15) is 13.3 Å². The minimum atomic E-state index is -0.717. The summed E-state index contributed by atoms with van der Waals surface area (Å²) < 4.78 is 10.6. The number of urea groups is 1. The molecule has 27 heavy (non-hydrogen) atoms. The van der Waals surface area contributed by atoms with Gasteiger partial charge in [0.15, 0.2) is 11.5 Å². The Morgan fingerprint density at radius 2 is 1.81 bits per heavy atom. The number of aliphatic imine (C=N–C) groups is 2. The molecule has 1 fully saturated rings. The maximum atomic E-state index is 12.8. The van der Waals surface area contributed by atoms with Crippen molar-refractivity contribution < 1.29 is 19.1 Å². The lowest BCUT2D eigenvalue weighted by Crippen LogP contribution is -2.59. The van der Waals surface area contributed by atoms with Crippen LogP contribution in [0, 0.1) is 5.92 Å². The number of fused-ring (bicyclic) bond motifs is 1. The van der Waals surface area contributed by atoms with E-state index in [4.69, 9.17) is 14.5 Å². The van der Waals surface area contributed by atoms with Gasteiger partial charge in [0.05, 0.1) is 25.6 Å². The molecular weight excluding hydrogens is 348 g/mol. The van der Waals surface area contributed by atoms with E-state index < -0.39 is 11.9 Å². The highest BCUT2D eigenvalue weighted by atomic mass is 16.5. The molecule has 3 rings (SSSR count). The van der Waals surface area contributed by atoms with E-state index in [0.29, 0.717) is 35.2 Å². The second kappa shape index (κ2) is 7.22. The number of ether oxygens (including phenoxy) is 2. The quantitative estimate of drug-likeness (QED) is 0.816. The lowest BCUT2D eigenvalue weighted by atomic mass is 9.89. The number of carbonyl (C=O) groups is 2. The molecule has 2 aliphatic heterocycles. The fourth-order valence-corrected chi connectivity index (χ4v) is 3.15. The minimum Gasteiger partial charge on any atom is -0.493 e. The predicted octanol–water partition coefficient (Wildman–Crippen LogP) is 2.62. The Bertz CT molecular complexity index is 888. The van der Waals surface area contributed by atoms with Crippen molar-refractivity contribution in [3.8, 4) is 11.5 Å². The number of nitrogens with zero attached hydrogens (tertiary/aromatic N) is 4. The summed E-state index contributed by atoms with van der Waals surface area (Å²) in [4.78, 5) is 36.6. The number of carbonyl (C=O) groups excluding carboxylic acids is 2. The number of amidine groups is 1. The molecule has 1 unspecified atom stereocenters. The zero-order chi connectivity index (χ0) is 19.7. The molecule has 1 atom stereocenters. The summed E-state index contributed by atoms with van der Waals surface area (Å²) in [5, 5.41) is 0. The van der Waals surface area contributed by atoms with Gasteiger partial charge in [-0.05, 0) is 24.1 Å². The summed E-state index contributed by atoms with van der Waals surface area (Å²) in [6.45, 7) is 1.97. The molecule has 142 valence electrons. The minimum absolute atomic E-state index is 0.338. The molecule has 0 aromatic heterocycles. The van der Waals surface area contributed by atoms with E-state index in [1.807, 2.05) is 6.92 Å². The van der Waals surface area contributed by atoms with Crippen molar-refractivity contribution in [3.05, 3.63) is 30.0 Å². The molecule has 8 nitrogen and oxygen atoms in total. The molecule has 1 aromatic rings. The van der Waals surface area contributed by atoms with Gasteiger partial charge in [-0.3, -0.25) is 19.6 Å². The Balaban J connectivity index is 2.11. The van der Waals surface area contributed by atoms with Gasteiger partial charge in [0, 0.05) is 26.4 Å². The molecule has 0 radical (unpaired) electrons. The van der Waals surface area contributed by atoms with Crippen LogP contribution in [0.25, 0.3) is 0 Å². The number of hydrogen-bond acceptors (Lipinski definition) is 6. The van der Waals surface area contributed by atoms with Crippen LogP contribution in [0.5, 0.6) is 11.5 Å². The van der Waals surface area contributed by atoms with Crippen molar-refractivity contribution in [2.24, 2.45) is 15.9 Å². The number of rotatable bonds is 4. The number of amides is 3. The molecular formula is C19H22N4O4. The van der Waals surface area contributed by atoms with E-state index in [2.05, 4.69) is 4.99 Å². The van der Waals surface area contributed by atoms with Crippen LogP contribution in [0.2, 0.25) is 0 Å². The van der Waals surface area contributed by atoms with E-state index in [0.717, 1.165) is 10.5 Å². The largest absolute Gasteiger partial charge is 0.493 e. The average Bonchev–Trinajstić information content (AvgIpc) is 2.70. The van der Waals surface area contributed by atoms with Crippen LogP contribution in [0.15, 0.2) is 40.0 Å². The molecule has 2 heterocycles. The third-order valence-corrected chi connectivity index (χ3v) is 4.71. The highest BCUT2D eigenvalue weighted by Gasteiger charge is 2.45. The normalized spacial score (nSPS) is 21.1. The number of imide groups is 1. The second-order valence-electron chi connectivity index (χ2n) is 6.20. The molecule has 2 aliphatic rings. The molecule has 8 heteroatoms. The van der Waals surface area contributed by atoms with E-state index in [1.54, 1.807) is 45.7 Å². The summed E-state index contributed by atoms with van der Waals surface area (Å²) in [5.41, 5.74) is 2.06. The van der Waals surface area contributed by atoms with E-state index in [1.165, 1.54) is 11.9 Å². The Hall–Kier alpha value is -3.16. The number of methoxy groups -OCH3 is 2. The molecule has 0 spiro atoms. The van der Waals surface area contributed by atoms with Gasteiger partial charge in [0.25, 0.3) is 0 Å². The molecule has 0 N–H and O–H groups in total. The molecule has 1 aromatic carbocycles. The van der Waals surface area contributed by atoms with E-state index in [-0.39, 0.29) is 5.91 Å². The van der Waals surface area contributed by atoms with Crippen molar-refractivity contribution >= 4 is 29.2 Å². The lowest BCUT2D eigenvalue weighted by molar-refractivity contribution is -0.128. The van der Waals surface area contributed by atoms with Crippen LogP contribution in [0.4, 0.5) is 10.5 Å². The van der Waals surface area contributed by atoms with Crippen LogP contribution in [0.3, 0.4) is 0 Å². The Morgan fingerprint density at radius 3 is 2.44 bits per heavy atom. The second-order valence-corrected chi connectivity index (χ2v) is 6.20. The first-order chi connectivity index (χ1) is 12.9. The SMILES string of the molecule is CCC1=CN=C2C(C(=O)N(C)C(=O)N2C)C1=Nc1ccc(OC)c(OC)c1. The topological polar surface area (TPSA) is 83.8 Å². The third-order valence-electron chi connectivity index (χ3n) is 4.71. The number of benzene rings is 1. The van der Waals surface area contributed by atoms with Gasteiger partial charge in [-0.1, -0.05) is 6.92 Å². The zero-order valence-corrected chi connectivity index (χ0v) is 16.0. The fourth-order valence-electron chi connectivity index (χ4n) is 3.15. The molecule has 0 aliphatic carbocycles. The Morgan fingerprint density at radius 1 is 1.11 bits per heavy atom. The maximum absolute atomic E-state index is 12.8. The van der Waals surface area contributed by atoms with Gasteiger partial charge in [-0.15, -0.1) is 0 Å². The molecule has 1 saturated heterocycles. The molecule has 0 saturated carbocycles. The molecule has 3 amide bonds. The van der Waals surface area contributed by atoms with Gasteiger partial charge in [0.1, 0.15) is 11.8 Å². The van der Waals surface area contributed by atoms with Crippen molar-refractivity contribution in [1.82, 2.24) is 9.80 Å². The first kappa shape index (κ1) is 18.6. The van der Waals surface area contributed by atoms with Crippen LogP contribution < -0.4 is 9.47 Å². The summed E-state index contributed by atoms with van der Waals surface area (Å²) in [5.74, 6) is 0.475. The Labute approximate surface area is 157 Å². The van der Waals surface area contributed by atoms with Gasteiger partial charge in [0.2, 0.25) is 5.91 Å². The Kier molecular flexibility index (Phi) is 4.98. The first-order valence-electron chi connectivity index (χ1n) is 8.55. The monoisotopic (exact) mass is 370 g/mol. The number of hydrogen-bond donors (Lipinski definition) is 0. The molecule has 0 bridgehead atoms. The van der Waals surface area contributed by atoms with Crippen molar-refractivity contribution in [2.45, 2.75) is 13.3 Å². The average molecular weight is 370 g/mol. The summed E-state index contributed by atoms with van der Waals surface area (Å²) in [6, 6.07) is 4.89. The van der Waals surface area contributed by atoms with Gasteiger partial charge in [-0.2, -0.15) is 0 Å². The highest BCUT2D eigenvalue weighted by molar-refractivity contribution is 6.33. The summed E-state index contributed by atoms with van der Waals surface area (Å²) in [6.07, 6.45) is 2.34. The maximum Gasteiger partial charge on any atom is 0.331 e. The van der Waals surface area contributed by atoms with Crippen molar-refractivity contribution in [3.63, 3.8) is 0 Å². The van der Waals surface area contributed by atoms with Gasteiger partial charge in [-0.25, -0.2) is 9.79 Å². The third kappa shape index (κ3) is 3.07. The van der Waals surface area contributed by atoms with Gasteiger partial charge >= 0.3 is 6.03 Å². The fraction of sp³-hybridized carbons (Fsp3) is 0.368. The van der Waals surface area contributed by atoms with Gasteiger partial charge < -0.3 is 9.47 Å². The lowest BCUT2D eigenvalue weighted by Gasteiger charge is -2.37. The van der Waals surface area contributed by atoms with Crippen LogP contribution in [-0.2, 0) is 4.79 Å². The summed E-state index contributed by atoms with van der Waals surface area (Å²) in [7, 11) is 6.19. The highest BCUT2D eigenvalue weighted by Crippen LogP contribution is 2.33. The van der Waals surface area contributed by atoms with Crippen LogP contribution >= 0.6 is 0 Å². The predicted molar refractivity (Wildman–Crippen MR) is 102 cm³/mol. The van der Waals surface area contributed by atoms with Crippen molar-refractivity contribution in [2.75, 3.05) is 28.3 Å². The van der Waals surface area contributed by atoms with E-state index in [9.17, 15) is 9.59 Å². The standard InChI is InChI=1S/C19H22N4O4/c1-6-11-10-20-17-15(18(24)23(3)19(25)22(17)2)16(11)21-12-7-8-13(26-4)14(9-12)27-5/h7-10,15H,6H2,1-5H3. The van der Waals surface area contributed by atoms with E-state index >= 15 is 0 Å². The number of allylic oxidation sites excluding steroid dienone is 1. The van der Waals surface area contributed by atoms with Crippen molar-refractivity contribution in [1.29, 1.82) is 0 Å². The summed E-state index contributed by atoms with van der Waals surface area (Å²) >= 11 is 0. The first-order valence-corrected chi connectivity index (χ1v) is 8.55.